The molecule has 1 fully saturated rings. The third-order valence-corrected chi connectivity index (χ3v) is 65.4. The lowest BCUT2D eigenvalue weighted by molar-refractivity contribution is -0.0779. The van der Waals surface area contributed by atoms with E-state index in [0.717, 1.165) is 26.3 Å². The third kappa shape index (κ3) is 5.51. The van der Waals surface area contributed by atoms with Gasteiger partial charge in [0.25, 0.3) is 7.83 Å². The fraction of sp³-hybridized carbons (Fsp3) is 0.0182. The second-order valence-electron chi connectivity index (χ2n) is 16.0. The fourth-order valence-electron chi connectivity index (χ4n) is 11.3. The van der Waals surface area contributed by atoms with Crippen LogP contribution < -0.4 is 41.5 Å². The van der Waals surface area contributed by atoms with Crippen LogP contribution in [0.2, 0.25) is 0 Å². The number of benzene rings is 9. The Hall–Kier alpha value is -6.23. The van der Waals surface area contributed by atoms with Crippen molar-refractivity contribution in [2.45, 2.75) is 5.41 Å². The third-order valence-electron chi connectivity index (χ3n) is 13.2. The Kier molecular flexibility index (Phi) is 10.2. The van der Waals surface area contributed by atoms with Crippen LogP contribution in [0.15, 0.2) is 273 Å². The summed E-state index contributed by atoms with van der Waals surface area (Å²) in [6.07, 6.45) is 0. The zero-order valence-electron chi connectivity index (χ0n) is 33.8. The van der Waals surface area contributed by atoms with Crippen LogP contribution in [0.5, 0.6) is 0 Å². The van der Waals surface area contributed by atoms with E-state index in [1.54, 1.807) is 0 Å². The van der Waals surface area contributed by atoms with Crippen LogP contribution in [0.3, 0.4) is 0 Å². The van der Waals surface area contributed by atoms with Crippen molar-refractivity contribution in [1.29, 1.82) is 0 Å². The average molecular weight is 851 g/mol. The molecule has 0 amide bonds. The number of hydrogen-bond acceptors (Lipinski definition) is 2. The maximum Gasteiger partial charge on any atom is 0.252 e. The number of rotatable bonds is 9. The highest BCUT2D eigenvalue weighted by Gasteiger charge is 2.88. The maximum absolute atomic E-state index is 15.5. The van der Waals surface area contributed by atoms with E-state index in [-0.39, 0.29) is 0 Å². The van der Waals surface area contributed by atoms with E-state index in [9.17, 15) is 0 Å². The van der Waals surface area contributed by atoms with Crippen molar-refractivity contribution in [3.63, 3.8) is 0 Å². The normalized spacial score (nSPS) is 18.4. The van der Waals surface area contributed by atoms with Crippen LogP contribution in [-0.4, -0.2) is 34.8 Å². The molecule has 294 valence electrons. The summed E-state index contributed by atoms with van der Waals surface area (Å²) in [5, 5.41) is 25.4. The summed E-state index contributed by atoms with van der Waals surface area (Å²) in [6.45, 7) is 0. The van der Waals surface area contributed by atoms with Crippen molar-refractivity contribution in [3.8, 4) is 0 Å². The van der Waals surface area contributed by atoms with Crippen molar-refractivity contribution in [2.24, 2.45) is 0 Å². The lowest BCUT2D eigenvalue weighted by Crippen LogP contribution is -3.13. The molecule has 1 heterocycles. The molecule has 10 rings (SSSR count). The Balaban J connectivity index is 1.65. The largest absolute Gasteiger partial charge is 0.383 e. The van der Waals surface area contributed by atoms with Crippen molar-refractivity contribution in [3.05, 3.63) is 279 Å². The summed E-state index contributed by atoms with van der Waals surface area (Å²) in [7, 11) is -15.4. The molecule has 1 N–H and O–H groups in total. The molecule has 0 radical (unpaired) electrons. The van der Waals surface area contributed by atoms with Gasteiger partial charge in [-0.1, -0.05) is 304 Å². The van der Waals surface area contributed by atoms with Gasteiger partial charge < -0.3 is 9.53 Å². The molecule has 61 heavy (non-hydrogen) atoms. The maximum atomic E-state index is 15.5. The molecular formula is C55H46O2Si4. The zero-order valence-corrected chi connectivity index (χ0v) is 37.8. The highest BCUT2D eigenvalue weighted by molar-refractivity contribution is 7.99. The molecule has 2 nitrogen and oxygen atoms in total. The first-order valence-corrected chi connectivity index (χ1v) is 32.0. The van der Waals surface area contributed by atoms with Crippen LogP contribution in [0, 0.1) is 0 Å². The van der Waals surface area contributed by atoms with Gasteiger partial charge in [0.15, 0.2) is 20.1 Å². The van der Waals surface area contributed by atoms with Crippen molar-refractivity contribution in [2.75, 3.05) is 0 Å². The van der Waals surface area contributed by atoms with Gasteiger partial charge in [0.05, 0.1) is 0 Å². The Morgan fingerprint density at radius 2 is 0.492 bits per heavy atom. The van der Waals surface area contributed by atoms with E-state index in [2.05, 4.69) is 273 Å². The van der Waals surface area contributed by atoms with E-state index >= 15 is 5.11 Å². The fourth-order valence-corrected chi connectivity index (χ4v) is 88.6. The quantitative estimate of drug-likeness (QED) is 0.176. The molecule has 0 bridgehead atoms. The van der Waals surface area contributed by atoms with Gasteiger partial charge in [0.1, 0.15) is 7.11 Å². The molecule has 1 aliphatic heterocycles. The van der Waals surface area contributed by atoms with Crippen LogP contribution in [0.1, 0.15) is 5.56 Å². The highest BCUT2D eigenvalue weighted by Crippen LogP contribution is 2.51. The topological polar surface area (TPSA) is 29.5 Å². The Morgan fingerprint density at radius 1 is 0.262 bits per heavy atom. The lowest BCUT2D eigenvalue weighted by atomic mass is 10.2. The summed E-state index contributed by atoms with van der Waals surface area (Å²) in [5.74, 6) is 0. The van der Waals surface area contributed by atoms with E-state index in [0.29, 0.717) is 0 Å². The van der Waals surface area contributed by atoms with Crippen molar-refractivity contribution in [1.82, 2.24) is 0 Å². The molecule has 0 aromatic heterocycles. The smallest absolute Gasteiger partial charge is 0.252 e. The van der Waals surface area contributed by atoms with Crippen LogP contribution in [-0.2, 0) is 9.84 Å². The Bertz CT molecular complexity index is 2660. The van der Waals surface area contributed by atoms with Gasteiger partial charge in [-0.2, -0.15) is 0 Å². The van der Waals surface area contributed by atoms with E-state index in [1.165, 1.54) is 20.7 Å². The highest BCUT2D eigenvalue weighted by atomic mass is 29.8. The van der Waals surface area contributed by atoms with Gasteiger partial charge in [-0.25, -0.2) is 0 Å². The molecule has 1 aliphatic rings. The molecule has 6 heteroatoms. The average Bonchev–Trinajstić information content (AvgIpc) is 3.36. The second-order valence-corrected chi connectivity index (χ2v) is 43.7. The van der Waals surface area contributed by atoms with Gasteiger partial charge in [0, 0.05) is 5.56 Å². The summed E-state index contributed by atoms with van der Waals surface area (Å²) < 4.78 is 8.82. The molecule has 1 atom stereocenters. The zero-order chi connectivity index (χ0) is 41.2. The molecule has 0 aliphatic carbocycles. The first-order valence-electron chi connectivity index (χ1n) is 21.1. The summed E-state index contributed by atoms with van der Waals surface area (Å²) in [5.41, 5.74) is -1.03. The standard InChI is InChI=1S/C55H46O2Si4/c56-55(46-28-10-1-11-29-46)57-59(49-34-16-4-17-35-49,50-36-18-5-19-37-50)61(53-42-24-8-25-43-53,54-44-26-9-27-45-54)60(51-38-20-6-21-39-51,52-40-22-7-23-41-52)58(55,47-30-12-2-13-31-47)48-32-14-3-15-33-48/h1-45,56H. The van der Waals surface area contributed by atoms with Crippen molar-refractivity contribution >= 4 is 71.1 Å². The van der Waals surface area contributed by atoms with E-state index in [1.807, 2.05) is 0 Å². The molecule has 0 saturated carbocycles. The van der Waals surface area contributed by atoms with Crippen molar-refractivity contribution < 1.29 is 9.53 Å². The van der Waals surface area contributed by atoms with Gasteiger partial charge in [-0.3, -0.25) is 0 Å². The van der Waals surface area contributed by atoms with Gasteiger partial charge in [0.2, 0.25) is 0 Å². The molecular weight excluding hydrogens is 805 g/mol. The molecule has 0 spiro atoms. The summed E-state index contributed by atoms with van der Waals surface area (Å²) >= 11 is 0. The second kappa shape index (κ2) is 16.0. The minimum Gasteiger partial charge on any atom is -0.383 e. The number of aliphatic hydroxyl groups is 1. The minimum absolute atomic E-state index is 0.783. The molecule has 1 saturated heterocycles. The monoisotopic (exact) mass is 850 g/mol. The SMILES string of the molecule is OC1(c2ccccc2)O[Si](c2ccccc2)(c2ccccc2)[Si](c2ccccc2)(c2ccccc2)[Si](c2ccccc2)(c2ccccc2)[Si]1(c1ccccc1)c1ccccc1. The van der Waals surface area contributed by atoms with Gasteiger partial charge >= 0.3 is 0 Å². The Labute approximate surface area is 362 Å². The minimum atomic E-state index is -3.98. The van der Waals surface area contributed by atoms with Crippen LogP contribution in [0.4, 0.5) is 0 Å². The number of hydrogen-bond donors (Lipinski definition) is 1. The first kappa shape index (κ1) is 38.9. The lowest BCUT2D eigenvalue weighted by Gasteiger charge is -2.71. The van der Waals surface area contributed by atoms with E-state index < -0.39 is 35.1 Å². The van der Waals surface area contributed by atoms with E-state index in [4.69, 9.17) is 4.43 Å². The predicted molar refractivity (Wildman–Crippen MR) is 263 cm³/mol. The molecule has 1 unspecified atom stereocenters. The van der Waals surface area contributed by atoms with Crippen LogP contribution in [0.25, 0.3) is 0 Å². The summed E-state index contributed by atoms with van der Waals surface area (Å²) in [4.78, 5) is 0. The molecule has 9 aromatic carbocycles. The Morgan fingerprint density at radius 3 is 0.787 bits per heavy atom. The van der Waals surface area contributed by atoms with Gasteiger partial charge in [-0.15, -0.1) is 0 Å². The first-order chi connectivity index (χ1) is 30.2. The molecule has 9 aromatic rings. The van der Waals surface area contributed by atoms with Crippen LogP contribution >= 0.6 is 0 Å². The van der Waals surface area contributed by atoms with Gasteiger partial charge in [-0.05, 0) is 10.4 Å². The predicted octanol–water partition coefficient (Wildman–Crippen LogP) is 6.19. The summed E-state index contributed by atoms with van der Waals surface area (Å²) in [6, 6.07) is 101.